The Morgan fingerprint density at radius 2 is 2.00 bits per heavy atom. The van der Waals surface area contributed by atoms with Gasteiger partial charge in [-0.1, -0.05) is 19.9 Å². The van der Waals surface area contributed by atoms with Crippen molar-refractivity contribution >= 4 is 5.69 Å². The highest BCUT2D eigenvalue weighted by Crippen LogP contribution is 2.31. The van der Waals surface area contributed by atoms with Crippen molar-refractivity contribution in [3.63, 3.8) is 0 Å². The van der Waals surface area contributed by atoms with E-state index in [2.05, 4.69) is 43.9 Å². The van der Waals surface area contributed by atoms with Crippen molar-refractivity contribution in [3.05, 3.63) is 23.8 Å². The Hall–Kier alpha value is -1.22. The van der Waals surface area contributed by atoms with Gasteiger partial charge in [0, 0.05) is 19.1 Å². The fourth-order valence-corrected chi connectivity index (χ4v) is 2.54. The topological polar surface area (TPSA) is 38.5 Å². The molecule has 112 valence electrons. The molecule has 0 atom stereocenters. The van der Waals surface area contributed by atoms with Gasteiger partial charge in [0.1, 0.15) is 5.75 Å². The predicted octanol–water partition coefficient (Wildman–Crippen LogP) is 3.35. The molecule has 2 rings (SSSR count). The van der Waals surface area contributed by atoms with Crippen LogP contribution < -0.4 is 15.4 Å². The highest BCUT2D eigenvalue weighted by atomic mass is 16.5. The zero-order valence-corrected chi connectivity index (χ0v) is 13.1. The molecule has 3 heteroatoms. The third-order valence-corrected chi connectivity index (χ3v) is 3.95. The van der Waals surface area contributed by atoms with Gasteiger partial charge in [0.2, 0.25) is 0 Å². The van der Waals surface area contributed by atoms with Gasteiger partial charge in [0.05, 0.1) is 12.3 Å². The smallest absolute Gasteiger partial charge is 0.142 e. The Morgan fingerprint density at radius 1 is 1.30 bits per heavy atom. The van der Waals surface area contributed by atoms with Crippen molar-refractivity contribution in [3.8, 4) is 5.75 Å². The van der Waals surface area contributed by atoms with Gasteiger partial charge < -0.3 is 15.4 Å². The number of nitrogens with zero attached hydrogens (tertiary/aromatic N) is 1. The summed E-state index contributed by atoms with van der Waals surface area (Å²) in [5.41, 5.74) is 8.52. The molecule has 2 N–H and O–H groups in total. The first-order valence-electron chi connectivity index (χ1n) is 7.80. The molecule has 0 amide bonds. The van der Waals surface area contributed by atoms with Gasteiger partial charge in [-0.25, -0.2) is 0 Å². The number of aryl methyl sites for hydroxylation is 1. The van der Waals surface area contributed by atoms with E-state index < -0.39 is 0 Å². The quantitative estimate of drug-likeness (QED) is 0.896. The summed E-state index contributed by atoms with van der Waals surface area (Å²) in [5, 5.41) is 0. The van der Waals surface area contributed by atoms with E-state index in [0.29, 0.717) is 12.0 Å². The van der Waals surface area contributed by atoms with Gasteiger partial charge >= 0.3 is 0 Å². The zero-order chi connectivity index (χ0) is 14.5. The van der Waals surface area contributed by atoms with E-state index in [0.717, 1.165) is 44.7 Å². The van der Waals surface area contributed by atoms with E-state index in [4.69, 9.17) is 10.5 Å². The van der Waals surface area contributed by atoms with E-state index in [1.807, 2.05) is 0 Å². The molecule has 1 aromatic rings. The fraction of sp³-hybridized carbons (Fsp3) is 0.647. The van der Waals surface area contributed by atoms with Crippen molar-refractivity contribution < 1.29 is 4.74 Å². The van der Waals surface area contributed by atoms with Crippen LogP contribution in [0.2, 0.25) is 0 Å². The second kappa shape index (κ2) is 6.98. The first-order chi connectivity index (χ1) is 9.56. The van der Waals surface area contributed by atoms with Crippen LogP contribution in [0.1, 0.15) is 38.7 Å². The molecule has 0 aromatic heterocycles. The first-order valence-corrected chi connectivity index (χ1v) is 7.80. The Kier molecular flexibility index (Phi) is 5.30. The summed E-state index contributed by atoms with van der Waals surface area (Å²) >= 11 is 0. The number of piperidine rings is 1. The van der Waals surface area contributed by atoms with Crippen molar-refractivity contribution in [2.45, 2.75) is 46.1 Å². The van der Waals surface area contributed by atoms with Crippen molar-refractivity contribution in [2.24, 2.45) is 11.7 Å². The lowest BCUT2D eigenvalue weighted by Gasteiger charge is -2.33. The standard InChI is InChI=1S/C17H28N2O/c1-13(2)8-11-20-17-5-4-14(3)12-16(17)19-9-6-15(18)7-10-19/h4-5,12-13,15H,6-11,18H2,1-3H3. The molecule has 1 aliphatic heterocycles. The molecular formula is C17H28N2O. The molecule has 1 fully saturated rings. The fourth-order valence-electron chi connectivity index (χ4n) is 2.54. The van der Waals surface area contributed by atoms with Crippen LogP contribution in [0.5, 0.6) is 5.75 Å². The molecule has 0 radical (unpaired) electrons. The highest BCUT2D eigenvalue weighted by molar-refractivity contribution is 5.60. The number of nitrogens with two attached hydrogens (primary N) is 1. The molecule has 1 aliphatic rings. The summed E-state index contributed by atoms with van der Waals surface area (Å²) in [5.74, 6) is 1.70. The van der Waals surface area contributed by atoms with E-state index >= 15 is 0 Å². The van der Waals surface area contributed by atoms with E-state index in [-0.39, 0.29) is 0 Å². The number of rotatable bonds is 5. The van der Waals surface area contributed by atoms with Crippen LogP contribution in [0.15, 0.2) is 18.2 Å². The molecule has 0 spiro atoms. The van der Waals surface area contributed by atoms with E-state index in [9.17, 15) is 0 Å². The molecule has 0 unspecified atom stereocenters. The van der Waals surface area contributed by atoms with Crippen LogP contribution in [0.3, 0.4) is 0 Å². The van der Waals surface area contributed by atoms with Crippen LogP contribution in [0.4, 0.5) is 5.69 Å². The molecule has 1 aromatic carbocycles. The van der Waals surface area contributed by atoms with Gasteiger partial charge in [-0.3, -0.25) is 0 Å². The molecule has 1 heterocycles. The third-order valence-electron chi connectivity index (χ3n) is 3.95. The normalized spacial score (nSPS) is 16.8. The Balaban J connectivity index is 2.07. The largest absolute Gasteiger partial charge is 0.491 e. The van der Waals surface area contributed by atoms with E-state index in [1.165, 1.54) is 11.3 Å². The lowest BCUT2D eigenvalue weighted by molar-refractivity contribution is 0.289. The summed E-state index contributed by atoms with van der Waals surface area (Å²) < 4.78 is 6.01. The first kappa shape index (κ1) is 15.2. The third kappa shape index (κ3) is 4.14. The number of hydrogen-bond donors (Lipinski definition) is 1. The molecule has 20 heavy (non-hydrogen) atoms. The molecule has 3 nitrogen and oxygen atoms in total. The molecule has 0 aliphatic carbocycles. The second-order valence-electron chi connectivity index (χ2n) is 6.33. The number of hydrogen-bond acceptors (Lipinski definition) is 3. The lowest BCUT2D eigenvalue weighted by atomic mass is 10.0. The second-order valence-corrected chi connectivity index (χ2v) is 6.33. The number of anilines is 1. The summed E-state index contributed by atoms with van der Waals surface area (Å²) in [7, 11) is 0. The van der Waals surface area contributed by atoms with Crippen LogP contribution >= 0.6 is 0 Å². The summed E-state index contributed by atoms with van der Waals surface area (Å²) in [4.78, 5) is 2.42. The maximum Gasteiger partial charge on any atom is 0.142 e. The summed E-state index contributed by atoms with van der Waals surface area (Å²) in [6.45, 7) is 9.45. The molecule has 1 saturated heterocycles. The van der Waals surface area contributed by atoms with Crippen LogP contribution in [-0.4, -0.2) is 25.7 Å². The predicted molar refractivity (Wildman–Crippen MR) is 85.6 cm³/mol. The van der Waals surface area contributed by atoms with Crippen LogP contribution in [0, 0.1) is 12.8 Å². The molecular weight excluding hydrogens is 248 g/mol. The molecule has 0 bridgehead atoms. The van der Waals surface area contributed by atoms with Gasteiger partial charge in [-0.05, 0) is 49.8 Å². The Labute approximate surface area is 123 Å². The molecule has 0 saturated carbocycles. The maximum absolute atomic E-state index is 6.01. The van der Waals surface area contributed by atoms with Crippen LogP contribution in [0.25, 0.3) is 0 Å². The van der Waals surface area contributed by atoms with Gasteiger partial charge in [0.15, 0.2) is 0 Å². The number of ether oxygens (including phenoxy) is 1. The highest BCUT2D eigenvalue weighted by Gasteiger charge is 2.19. The average molecular weight is 276 g/mol. The minimum absolute atomic E-state index is 0.362. The minimum atomic E-state index is 0.362. The van der Waals surface area contributed by atoms with Gasteiger partial charge in [-0.15, -0.1) is 0 Å². The van der Waals surface area contributed by atoms with Crippen LogP contribution in [-0.2, 0) is 0 Å². The Morgan fingerprint density at radius 3 is 2.65 bits per heavy atom. The summed E-state index contributed by atoms with van der Waals surface area (Å²) in [6, 6.07) is 6.84. The number of benzene rings is 1. The van der Waals surface area contributed by atoms with Gasteiger partial charge in [0.25, 0.3) is 0 Å². The zero-order valence-electron chi connectivity index (χ0n) is 13.1. The van der Waals surface area contributed by atoms with Crippen molar-refractivity contribution in [1.29, 1.82) is 0 Å². The SMILES string of the molecule is Cc1ccc(OCCC(C)C)c(N2CCC(N)CC2)c1. The van der Waals surface area contributed by atoms with Crippen molar-refractivity contribution in [1.82, 2.24) is 0 Å². The monoisotopic (exact) mass is 276 g/mol. The average Bonchev–Trinajstić information content (AvgIpc) is 2.41. The van der Waals surface area contributed by atoms with E-state index in [1.54, 1.807) is 0 Å². The summed E-state index contributed by atoms with van der Waals surface area (Å²) in [6.07, 6.45) is 3.23. The Bertz CT molecular complexity index is 423. The minimum Gasteiger partial charge on any atom is -0.491 e. The van der Waals surface area contributed by atoms with Gasteiger partial charge in [-0.2, -0.15) is 0 Å². The van der Waals surface area contributed by atoms with Crippen molar-refractivity contribution in [2.75, 3.05) is 24.6 Å². The maximum atomic E-state index is 6.01. The lowest BCUT2D eigenvalue weighted by Crippen LogP contribution is -2.39.